The average molecular weight is 721 g/mol. The van der Waals surface area contributed by atoms with E-state index in [1.54, 1.807) is 11.8 Å². The van der Waals surface area contributed by atoms with Gasteiger partial charge in [0.2, 0.25) is 11.1 Å². The lowest BCUT2D eigenvalue weighted by Gasteiger charge is -2.28. The smallest absolute Gasteiger partial charge is 0.338 e. The van der Waals surface area contributed by atoms with Crippen LogP contribution >= 0.6 is 55.2 Å². The number of allylic oxidation sites excluding steroid dienone is 1. The topological polar surface area (TPSA) is 87.5 Å². The standard InChI is InChI=1S/C29H25Br2ClN4O4S/c1-16-24(27(37)39-3)25(36-28(33-16)34-29(35-36)41-15-18-6-4-5-7-22(18)32)19-12-21(31)26(23(13-19)38-2)40-14-17-8-10-20(30)11-9-17/h4-13,25H,14-15H2,1-3H3,(H,33,34,35). The number of rotatable bonds is 9. The summed E-state index contributed by atoms with van der Waals surface area (Å²) in [5, 5.41) is 9.21. The van der Waals surface area contributed by atoms with Crippen LogP contribution in [0.2, 0.25) is 5.02 Å². The van der Waals surface area contributed by atoms with Gasteiger partial charge >= 0.3 is 5.97 Å². The van der Waals surface area contributed by atoms with Gasteiger partial charge in [-0.25, -0.2) is 9.48 Å². The van der Waals surface area contributed by atoms with Crippen LogP contribution in [0.15, 0.2) is 86.0 Å². The fourth-order valence-electron chi connectivity index (χ4n) is 4.41. The molecular weight excluding hydrogens is 696 g/mol. The summed E-state index contributed by atoms with van der Waals surface area (Å²) in [5.74, 6) is 1.67. The molecule has 0 fully saturated rings. The van der Waals surface area contributed by atoms with Crippen LogP contribution in [0.1, 0.15) is 29.7 Å². The van der Waals surface area contributed by atoms with Gasteiger partial charge in [-0.15, -0.1) is 5.10 Å². The van der Waals surface area contributed by atoms with Gasteiger partial charge in [0.15, 0.2) is 11.5 Å². The number of nitrogens with zero attached hydrogens (tertiary/aromatic N) is 3. The highest BCUT2D eigenvalue weighted by atomic mass is 79.9. The van der Waals surface area contributed by atoms with Gasteiger partial charge in [-0.05, 0) is 69.9 Å². The van der Waals surface area contributed by atoms with Crippen LogP contribution in [-0.4, -0.2) is 35.0 Å². The molecule has 0 amide bonds. The number of anilines is 1. The number of carbonyl (C=O) groups is 1. The van der Waals surface area contributed by atoms with E-state index in [0.29, 0.717) is 55.7 Å². The van der Waals surface area contributed by atoms with E-state index in [4.69, 9.17) is 35.9 Å². The van der Waals surface area contributed by atoms with Crippen molar-refractivity contribution >= 4 is 67.1 Å². The second kappa shape index (κ2) is 12.9. The van der Waals surface area contributed by atoms with Crippen molar-refractivity contribution in [2.45, 2.75) is 30.5 Å². The molecule has 12 heteroatoms. The molecular formula is C29H25Br2ClN4O4S. The number of carbonyl (C=O) groups excluding carboxylic acids is 1. The van der Waals surface area contributed by atoms with Crippen LogP contribution in [0, 0.1) is 0 Å². The van der Waals surface area contributed by atoms with E-state index < -0.39 is 12.0 Å². The molecule has 1 aromatic heterocycles. The molecule has 41 heavy (non-hydrogen) atoms. The first-order chi connectivity index (χ1) is 19.8. The fraction of sp³-hybridized carbons (Fsp3) is 0.207. The molecule has 0 aliphatic carbocycles. The van der Waals surface area contributed by atoms with Crippen LogP contribution in [0.3, 0.4) is 0 Å². The summed E-state index contributed by atoms with van der Waals surface area (Å²) in [7, 11) is 2.93. The van der Waals surface area contributed by atoms with Crippen molar-refractivity contribution in [3.63, 3.8) is 0 Å². The van der Waals surface area contributed by atoms with Gasteiger partial charge in [-0.3, -0.25) is 0 Å². The third-order valence-corrected chi connectivity index (χ3v) is 8.79. The normalized spacial score (nSPS) is 14.3. The molecule has 0 saturated carbocycles. The van der Waals surface area contributed by atoms with E-state index in [0.717, 1.165) is 21.2 Å². The summed E-state index contributed by atoms with van der Waals surface area (Å²) in [6, 6.07) is 18.7. The second-order valence-electron chi connectivity index (χ2n) is 9.05. The Morgan fingerprint density at radius 3 is 2.59 bits per heavy atom. The number of hydrogen-bond acceptors (Lipinski definition) is 8. The van der Waals surface area contributed by atoms with Gasteiger partial charge in [0.25, 0.3) is 0 Å². The van der Waals surface area contributed by atoms with E-state index in [9.17, 15) is 4.79 Å². The molecule has 1 aliphatic heterocycles. The minimum atomic E-state index is -0.633. The van der Waals surface area contributed by atoms with Crippen molar-refractivity contribution in [3.8, 4) is 11.5 Å². The highest BCUT2D eigenvalue weighted by molar-refractivity contribution is 9.10. The van der Waals surface area contributed by atoms with Crippen molar-refractivity contribution in [1.29, 1.82) is 0 Å². The van der Waals surface area contributed by atoms with Crippen LogP contribution < -0.4 is 14.8 Å². The van der Waals surface area contributed by atoms with Gasteiger partial charge in [-0.1, -0.05) is 69.6 Å². The molecule has 0 saturated heterocycles. The number of benzene rings is 3. The van der Waals surface area contributed by atoms with Crippen LogP contribution in [0.4, 0.5) is 5.95 Å². The zero-order valence-corrected chi connectivity index (χ0v) is 27.0. The number of methoxy groups -OCH3 is 2. The number of halogens is 3. The molecule has 1 atom stereocenters. The summed E-state index contributed by atoms with van der Waals surface area (Å²) in [6.07, 6.45) is 0. The number of fused-ring (bicyclic) bond motifs is 1. The maximum Gasteiger partial charge on any atom is 0.338 e. The zero-order valence-electron chi connectivity index (χ0n) is 22.3. The van der Waals surface area contributed by atoms with Crippen LogP contribution in [0.5, 0.6) is 11.5 Å². The molecule has 0 spiro atoms. The summed E-state index contributed by atoms with van der Waals surface area (Å²) < 4.78 is 20.4. The predicted molar refractivity (Wildman–Crippen MR) is 167 cm³/mol. The zero-order chi connectivity index (χ0) is 29.1. The van der Waals surface area contributed by atoms with Crippen molar-refractivity contribution in [2.75, 3.05) is 19.5 Å². The van der Waals surface area contributed by atoms with Gasteiger partial charge in [0.05, 0.1) is 24.3 Å². The summed E-state index contributed by atoms with van der Waals surface area (Å²) in [6.45, 7) is 2.16. The summed E-state index contributed by atoms with van der Waals surface area (Å²) in [4.78, 5) is 17.7. The molecule has 8 nitrogen and oxygen atoms in total. The number of esters is 1. The van der Waals surface area contributed by atoms with E-state index in [1.165, 1.54) is 18.9 Å². The minimum absolute atomic E-state index is 0.348. The Hall–Kier alpha value is -2.99. The minimum Gasteiger partial charge on any atom is -0.493 e. The first kappa shape index (κ1) is 29.5. The van der Waals surface area contributed by atoms with E-state index in [-0.39, 0.29) is 0 Å². The number of hydrogen-bond donors (Lipinski definition) is 1. The van der Waals surface area contributed by atoms with Gasteiger partial charge in [0, 0.05) is 20.9 Å². The van der Waals surface area contributed by atoms with Crippen molar-refractivity contribution < 1.29 is 19.0 Å². The lowest BCUT2D eigenvalue weighted by Crippen LogP contribution is -2.29. The first-order valence-electron chi connectivity index (χ1n) is 12.4. The molecule has 1 unspecified atom stereocenters. The number of aromatic nitrogens is 3. The number of nitrogens with one attached hydrogen (secondary N) is 1. The molecule has 4 aromatic rings. The molecule has 1 N–H and O–H groups in total. The van der Waals surface area contributed by atoms with E-state index >= 15 is 0 Å². The third-order valence-electron chi connectivity index (χ3n) is 6.42. The highest BCUT2D eigenvalue weighted by Crippen LogP contribution is 2.43. The Balaban J connectivity index is 1.50. The van der Waals surface area contributed by atoms with E-state index in [1.807, 2.05) is 67.6 Å². The predicted octanol–water partition coefficient (Wildman–Crippen LogP) is 7.80. The summed E-state index contributed by atoms with van der Waals surface area (Å²) in [5.41, 5.74) is 3.75. The van der Waals surface area contributed by atoms with Crippen molar-refractivity contribution in [1.82, 2.24) is 14.8 Å². The van der Waals surface area contributed by atoms with Gasteiger partial charge in [-0.2, -0.15) is 4.98 Å². The van der Waals surface area contributed by atoms with Crippen molar-refractivity contribution in [2.24, 2.45) is 0 Å². The fourth-order valence-corrected chi connectivity index (χ4v) is 6.36. The Bertz CT molecular complexity index is 1630. The lowest BCUT2D eigenvalue weighted by molar-refractivity contribution is -0.136. The molecule has 0 bridgehead atoms. The maximum absolute atomic E-state index is 13.0. The number of thioether (sulfide) groups is 1. The Labute approximate surface area is 263 Å². The lowest BCUT2D eigenvalue weighted by atomic mass is 9.95. The second-order valence-corrected chi connectivity index (χ2v) is 12.2. The number of ether oxygens (including phenoxy) is 3. The molecule has 1 aliphatic rings. The Morgan fingerprint density at radius 1 is 1.12 bits per heavy atom. The van der Waals surface area contributed by atoms with Crippen LogP contribution in [-0.2, 0) is 21.9 Å². The summed E-state index contributed by atoms with van der Waals surface area (Å²) >= 11 is 14.9. The van der Waals surface area contributed by atoms with Crippen LogP contribution in [0.25, 0.3) is 0 Å². The quantitative estimate of drug-likeness (QED) is 0.139. The van der Waals surface area contributed by atoms with Gasteiger partial charge < -0.3 is 19.5 Å². The monoisotopic (exact) mass is 718 g/mol. The van der Waals surface area contributed by atoms with E-state index in [2.05, 4.69) is 37.2 Å². The largest absolute Gasteiger partial charge is 0.493 e. The van der Waals surface area contributed by atoms with Crippen molar-refractivity contribution in [3.05, 3.63) is 103 Å². The Kier molecular flexibility index (Phi) is 9.28. The molecule has 212 valence electrons. The molecule has 5 rings (SSSR count). The maximum atomic E-state index is 13.0. The first-order valence-corrected chi connectivity index (χ1v) is 15.4. The molecule has 2 heterocycles. The Morgan fingerprint density at radius 2 is 1.88 bits per heavy atom. The molecule has 0 radical (unpaired) electrons. The molecule has 3 aromatic carbocycles. The SMILES string of the molecule is COC(=O)C1=C(C)Nc2nc(SCc3ccccc3Cl)nn2C1c1cc(Br)c(OCc2ccc(Br)cc2)c(OC)c1. The average Bonchev–Trinajstić information content (AvgIpc) is 3.37. The van der Waals surface area contributed by atoms with Gasteiger partial charge in [0.1, 0.15) is 12.6 Å². The third kappa shape index (κ3) is 6.43. The highest BCUT2D eigenvalue weighted by Gasteiger charge is 2.36.